The van der Waals surface area contributed by atoms with Crippen molar-refractivity contribution in [2.45, 2.75) is 9.79 Å². The number of azo groups is 3. The first-order valence-electron chi connectivity index (χ1n) is 13.5. The van der Waals surface area contributed by atoms with Gasteiger partial charge in [-0.2, -0.15) is 27.1 Å². The molecule has 0 aliphatic heterocycles. The van der Waals surface area contributed by atoms with Gasteiger partial charge < -0.3 is 15.3 Å². The molecule has 21 nitrogen and oxygen atoms in total. The number of fused-ring (bicyclic) bond motifs is 1. The summed E-state index contributed by atoms with van der Waals surface area (Å²) in [5, 5.41) is 77.0. The van der Waals surface area contributed by atoms with Crippen LogP contribution in [0, 0.1) is 20.2 Å². The van der Waals surface area contributed by atoms with Crippen molar-refractivity contribution in [1.82, 2.24) is 0 Å². The van der Waals surface area contributed by atoms with Gasteiger partial charge in [0.25, 0.3) is 31.6 Å². The summed E-state index contributed by atoms with van der Waals surface area (Å²) < 4.78 is 66.6. The molecule has 0 heterocycles. The maximum Gasteiger partial charge on any atom is 0.294 e. The molecule has 0 aliphatic rings. The van der Waals surface area contributed by atoms with E-state index < -0.39 is 79.9 Å². The Hall–Kier alpha value is -6.82. The molecule has 0 fully saturated rings. The van der Waals surface area contributed by atoms with E-state index in [1.165, 1.54) is 24.3 Å². The number of non-ortho nitro benzene ring substituents is 2. The van der Waals surface area contributed by atoms with Crippen molar-refractivity contribution >= 4 is 76.5 Å². The molecule has 5 rings (SSSR count). The van der Waals surface area contributed by atoms with E-state index in [2.05, 4.69) is 30.7 Å². The third-order valence-electron chi connectivity index (χ3n) is 6.68. The van der Waals surface area contributed by atoms with Gasteiger partial charge in [-0.05, 0) is 47.9 Å². The molecule has 51 heavy (non-hydrogen) atoms. The third kappa shape index (κ3) is 7.92. The Morgan fingerprint density at radius 2 is 0.941 bits per heavy atom. The average molecular weight is 739 g/mol. The SMILES string of the molecule is O=[N+]([O-])c1ccc(N=Nc2cc(N=Nc3cc(S(=O)(=O)O)cc4cc(S(=O)(=O)O)cc(O)c34)c(O)c(N=Nc3ccc([N+](=O)[O-])cc3)c2O)cc1. The fraction of sp³-hybridized carbons (Fsp3) is 0. The highest BCUT2D eigenvalue weighted by molar-refractivity contribution is 7.86. The summed E-state index contributed by atoms with van der Waals surface area (Å²) in [6.45, 7) is 0. The Balaban J connectivity index is 1.67. The molecule has 5 aromatic carbocycles. The Kier molecular flexibility index (Phi) is 9.46. The van der Waals surface area contributed by atoms with Crippen LogP contribution in [-0.4, -0.2) is 51.1 Å². The summed E-state index contributed by atoms with van der Waals surface area (Å²) in [5.41, 5.74) is -2.55. The lowest BCUT2D eigenvalue weighted by Crippen LogP contribution is -2.00. The summed E-state index contributed by atoms with van der Waals surface area (Å²) in [4.78, 5) is 19.0. The number of rotatable bonds is 10. The molecule has 0 saturated carbocycles. The van der Waals surface area contributed by atoms with Crippen LogP contribution in [0.1, 0.15) is 0 Å². The minimum Gasteiger partial charge on any atom is -0.507 e. The zero-order chi connectivity index (χ0) is 37.2. The van der Waals surface area contributed by atoms with Crippen molar-refractivity contribution in [3.05, 3.63) is 99.1 Å². The second-order valence-electron chi connectivity index (χ2n) is 10.0. The zero-order valence-electron chi connectivity index (χ0n) is 24.9. The van der Waals surface area contributed by atoms with Gasteiger partial charge in [0.15, 0.2) is 17.2 Å². The number of phenolic OH excluding ortho intramolecular Hbond substituents is 3. The summed E-state index contributed by atoms with van der Waals surface area (Å²) in [6, 6.07) is 13.3. The molecule has 5 N–H and O–H groups in total. The van der Waals surface area contributed by atoms with Crippen molar-refractivity contribution in [3.8, 4) is 17.2 Å². The van der Waals surface area contributed by atoms with Gasteiger partial charge in [-0.15, -0.1) is 20.5 Å². The van der Waals surface area contributed by atoms with Crippen LogP contribution in [0.3, 0.4) is 0 Å². The summed E-state index contributed by atoms with van der Waals surface area (Å²) >= 11 is 0. The molecule has 0 unspecified atom stereocenters. The lowest BCUT2D eigenvalue weighted by atomic mass is 10.1. The van der Waals surface area contributed by atoms with Crippen molar-refractivity contribution in [3.63, 3.8) is 0 Å². The number of benzene rings is 5. The summed E-state index contributed by atoms with van der Waals surface area (Å²) in [7, 11) is -9.87. The standard InChI is InChI=1S/C28H18N8O13S2/c37-24-12-20(51(47,48)49)10-14-9-19(50(44,45)46)11-21(25(14)24)31-33-23-13-22(32-29-15-1-5-17(6-2-15)35(40)41)27(38)26(28(23)39)34-30-16-3-7-18(8-4-16)36(42)43/h1-13,37-39H,(H,44,45,46)(H,47,48,49). The number of nitro groups is 2. The normalized spacial score (nSPS) is 12.4. The molecule has 0 spiro atoms. The molecule has 0 atom stereocenters. The molecule has 260 valence electrons. The van der Waals surface area contributed by atoms with Crippen LogP contribution in [0.4, 0.5) is 45.5 Å². The Labute approximate surface area is 284 Å². The second kappa shape index (κ2) is 13.6. The van der Waals surface area contributed by atoms with Crippen LogP contribution in [0.5, 0.6) is 17.2 Å². The van der Waals surface area contributed by atoms with E-state index in [-0.39, 0.29) is 33.5 Å². The molecule has 0 bridgehead atoms. The second-order valence-corrected chi connectivity index (χ2v) is 12.9. The van der Waals surface area contributed by atoms with E-state index in [0.29, 0.717) is 6.07 Å². The molecule has 0 amide bonds. The molecule has 0 aliphatic carbocycles. The highest BCUT2D eigenvalue weighted by atomic mass is 32.2. The smallest absolute Gasteiger partial charge is 0.294 e. The van der Waals surface area contributed by atoms with Gasteiger partial charge in [-0.1, -0.05) is 0 Å². The molecule has 0 aromatic heterocycles. The van der Waals surface area contributed by atoms with Crippen molar-refractivity contribution < 1.29 is 51.1 Å². The summed E-state index contributed by atoms with van der Waals surface area (Å²) in [6.07, 6.45) is 0. The van der Waals surface area contributed by atoms with Crippen LogP contribution in [0.2, 0.25) is 0 Å². The molecule has 0 radical (unpaired) electrons. The van der Waals surface area contributed by atoms with Gasteiger partial charge in [0.2, 0.25) is 0 Å². The van der Waals surface area contributed by atoms with E-state index in [1.807, 2.05) is 0 Å². The number of phenols is 3. The molecule has 23 heteroatoms. The van der Waals surface area contributed by atoms with Crippen LogP contribution >= 0.6 is 0 Å². The van der Waals surface area contributed by atoms with Gasteiger partial charge in [0, 0.05) is 36.4 Å². The van der Waals surface area contributed by atoms with Crippen molar-refractivity contribution in [2.24, 2.45) is 30.7 Å². The third-order valence-corrected chi connectivity index (χ3v) is 8.35. The van der Waals surface area contributed by atoms with Crippen molar-refractivity contribution in [1.29, 1.82) is 0 Å². The lowest BCUT2D eigenvalue weighted by Gasteiger charge is -2.10. The van der Waals surface area contributed by atoms with Crippen LogP contribution in [0.15, 0.2) is 119 Å². The van der Waals surface area contributed by atoms with E-state index in [9.17, 15) is 61.5 Å². The van der Waals surface area contributed by atoms with Crippen LogP contribution < -0.4 is 0 Å². The Bertz CT molecular complexity index is 2550. The Morgan fingerprint density at radius 1 is 0.529 bits per heavy atom. The molecular weight excluding hydrogens is 720 g/mol. The van der Waals surface area contributed by atoms with Gasteiger partial charge in [0.05, 0.1) is 42.1 Å². The number of nitro benzene ring substituents is 2. The zero-order valence-corrected chi connectivity index (χ0v) is 26.5. The molecular formula is C28H18N8O13S2. The monoisotopic (exact) mass is 738 g/mol. The van der Waals surface area contributed by atoms with Crippen LogP contribution in [0.25, 0.3) is 10.8 Å². The molecule has 5 aromatic rings. The van der Waals surface area contributed by atoms with E-state index in [0.717, 1.165) is 48.5 Å². The van der Waals surface area contributed by atoms with E-state index in [1.54, 1.807) is 0 Å². The van der Waals surface area contributed by atoms with Gasteiger partial charge in [-0.3, -0.25) is 29.3 Å². The lowest BCUT2D eigenvalue weighted by molar-refractivity contribution is -0.385. The molecule has 0 saturated heterocycles. The van der Waals surface area contributed by atoms with Crippen molar-refractivity contribution in [2.75, 3.05) is 0 Å². The quantitative estimate of drug-likeness (QED) is 0.0401. The number of hydrogen-bond acceptors (Lipinski definition) is 17. The number of aromatic hydroxyl groups is 3. The predicted octanol–water partition coefficient (Wildman–Crippen LogP) is 7.51. The van der Waals surface area contributed by atoms with Gasteiger partial charge in [0.1, 0.15) is 17.1 Å². The van der Waals surface area contributed by atoms with Gasteiger partial charge >= 0.3 is 0 Å². The topological polar surface area (TPSA) is 330 Å². The largest absolute Gasteiger partial charge is 0.507 e. The first kappa shape index (κ1) is 35.5. The average Bonchev–Trinajstić information content (AvgIpc) is 3.06. The Morgan fingerprint density at radius 3 is 1.39 bits per heavy atom. The minimum absolute atomic E-state index is 0.0359. The maximum atomic E-state index is 12.0. The number of hydrogen-bond donors (Lipinski definition) is 5. The first-order chi connectivity index (χ1) is 23.9. The predicted molar refractivity (Wildman–Crippen MR) is 174 cm³/mol. The fourth-order valence-corrected chi connectivity index (χ4v) is 5.34. The van der Waals surface area contributed by atoms with Gasteiger partial charge in [-0.25, -0.2) is 0 Å². The van der Waals surface area contributed by atoms with Crippen LogP contribution in [-0.2, 0) is 20.2 Å². The highest BCUT2D eigenvalue weighted by Gasteiger charge is 2.22. The maximum absolute atomic E-state index is 12.0. The number of nitrogens with zero attached hydrogens (tertiary/aromatic N) is 8. The minimum atomic E-state index is -4.98. The van der Waals surface area contributed by atoms with E-state index >= 15 is 0 Å². The van der Waals surface area contributed by atoms with E-state index in [4.69, 9.17) is 0 Å². The first-order valence-corrected chi connectivity index (χ1v) is 16.4. The fourth-order valence-electron chi connectivity index (χ4n) is 4.27. The summed E-state index contributed by atoms with van der Waals surface area (Å²) in [5.74, 6) is -2.54. The highest BCUT2D eigenvalue weighted by Crippen LogP contribution is 2.50.